The van der Waals surface area contributed by atoms with Crippen molar-refractivity contribution in [2.24, 2.45) is 5.92 Å². The Bertz CT molecular complexity index is 690. The summed E-state index contributed by atoms with van der Waals surface area (Å²) in [5.74, 6) is 0.247. The molecule has 4 nitrogen and oxygen atoms in total. The molecule has 2 unspecified atom stereocenters. The van der Waals surface area contributed by atoms with Crippen LogP contribution in [0.1, 0.15) is 74.4 Å². The van der Waals surface area contributed by atoms with Crippen molar-refractivity contribution in [1.29, 1.82) is 0 Å². The van der Waals surface area contributed by atoms with Crippen LogP contribution >= 0.6 is 0 Å². The molecule has 0 radical (unpaired) electrons. The van der Waals surface area contributed by atoms with Gasteiger partial charge in [0.1, 0.15) is 5.60 Å². The second-order valence-corrected chi connectivity index (χ2v) is 8.98. The molecule has 0 N–H and O–H groups in total. The number of hydrogen-bond donors (Lipinski definition) is 0. The minimum absolute atomic E-state index is 0.00415. The Labute approximate surface area is 156 Å². The largest absolute Gasteiger partial charge is 0.444 e. The maximum absolute atomic E-state index is 13.2. The van der Waals surface area contributed by atoms with Gasteiger partial charge < -0.3 is 9.64 Å². The summed E-state index contributed by atoms with van der Waals surface area (Å²) >= 11 is 0. The van der Waals surface area contributed by atoms with Gasteiger partial charge in [-0.15, -0.1) is 0 Å². The highest BCUT2D eigenvalue weighted by molar-refractivity contribution is 5.99. The highest BCUT2D eigenvalue weighted by Crippen LogP contribution is 2.39. The van der Waals surface area contributed by atoms with Crippen molar-refractivity contribution in [2.45, 2.75) is 84.4 Å². The number of piperidine rings is 2. The van der Waals surface area contributed by atoms with Crippen LogP contribution in [0.3, 0.4) is 0 Å². The van der Waals surface area contributed by atoms with Crippen LogP contribution in [0.5, 0.6) is 0 Å². The Morgan fingerprint density at radius 1 is 1.08 bits per heavy atom. The summed E-state index contributed by atoms with van der Waals surface area (Å²) in [4.78, 5) is 27.8. The number of carbonyl (C=O) groups excluding carboxylic acids is 2. The highest BCUT2D eigenvalue weighted by Gasteiger charge is 2.44. The molecule has 2 saturated heterocycles. The summed E-state index contributed by atoms with van der Waals surface area (Å²) in [5.41, 5.74) is 2.51. The van der Waals surface area contributed by atoms with E-state index in [0.29, 0.717) is 0 Å². The number of amides is 1. The quantitative estimate of drug-likeness (QED) is 0.696. The van der Waals surface area contributed by atoms with E-state index in [2.05, 4.69) is 0 Å². The molecular weight excluding hydrogens is 326 g/mol. The van der Waals surface area contributed by atoms with Crippen LogP contribution in [0.2, 0.25) is 0 Å². The molecule has 142 valence electrons. The number of aryl methyl sites for hydroxylation is 2. The van der Waals surface area contributed by atoms with Crippen LogP contribution in [0.25, 0.3) is 0 Å². The van der Waals surface area contributed by atoms with Gasteiger partial charge in [-0.1, -0.05) is 17.7 Å². The van der Waals surface area contributed by atoms with Crippen LogP contribution in [0.4, 0.5) is 4.79 Å². The summed E-state index contributed by atoms with van der Waals surface area (Å²) in [7, 11) is 0. The van der Waals surface area contributed by atoms with Gasteiger partial charge in [-0.05, 0) is 78.4 Å². The third-order valence-corrected chi connectivity index (χ3v) is 5.61. The zero-order valence-electron chi connectivity index (χ0n) is 16.7. The molecule has 0 aromatic heterocycles. The summed E-state index contributed by atoms with van der Waals surface area (Å²) in [6, 6.07) is 6.33. The van der Waals surface area contributed by atoms with E-state index in [1.807, 2.05) is 57.7 Å². The fourth-order valence-corrected chi connectivity index (χ4v) is 4.43. The van der Waals surface area contributed by atoms with E-state index in [4.69, 9.17) is 4.74 Å². The van der Waals surface area contributed by atoms with E-state index in [1.54, 1.807) is 0 Å². The maximum Gasteiger partial charge on any atom is 0.410 e. The Kier molecular flexibility index (Phi) is 5.14. The molecule has 1 aromatic rings. The molecule has 2 atom stereocenters. The summed E-state index contributed by atoms with van der Waals surface area (Å²) in [5, 5.41) is 0. The van der Waals surface area contributed by atoms with Gasteiger partial charge in [-0.25, -0.2) is 4.79 Å². The van der Waals surface area contributed by atoms with Gasteiger partial charge in [0, 0.05) is 23.6 Å². The molecule has 1 amide bonds. The summed E-state index contributed by atoms with van der Waals surface area (Å²) in [6.45, 7) is 9.73. The summed E-state index contributed by atoms with van der Waals surface area (Å²) < 4.78 is 5.63. The first-order valence-electron chi connectivity index (χ1n) is 9.78. The van der Waals surface area contributed by atoms with Crippen LogP contribution in [-0.4, -0.2) is 34.5 Å². The number of rotatable bonds is 2. The number of hydrogen-bond acceptors (Lipinski definition) is 3. The zero-order chi connectivity index (χ0) is 19.1. The van der Waals surface area contributed by atoms with Crippen LogP contribution in [0.15, 0.2) is 18.2 Å². The number of benzene rings is 1. The van der Waals surface area contributed by atoms with E-state index in [0.717, 1.165) is 48.8 Å². The number of carbonyl (C=O) groups is 2. The molecule has 2 aliphatic rings. The van der Waals surface area contributed by atoms with Gasteiger partial charge in [0.15, 0.2) is 5.78 Å². The molecule has 2 bridgehead atoms. The SMILES string of the molecule is Cc1ccc(C)c(C(=O)C2CC3CCCC(C2)N3C(=O)OC(C)(C)C)c1. The predicted octanol–water partition coefficient (Wildman–Crippen LogP) is 5.05. The summed E-state index contributed by atoms with van der Waals surface area (Å²) in [6.07, 6.45) is 4.34. The first-order chi connectivity index (χ1) is 12.2. The normalized spacial score (nSPS) is 25.7. The molecule has 0 spiro atoms. The van der Waals surface area contributed by atoms with Crippen molar-refractivity contribution in [3.8, 4) is 0 Å². The fourth-order valence-electron chi connectivity index (χ4n) is 4.43. The highest BCUT2D eigenvalue weighted by atomic mass is 16.6. The van der Waals surface area contributed by atoms with Gasteiger partial charge in [0.05, 0.1) is 0 Å². The molecule has 0 saturated carbocycles. The van der Waals surface area contributed by atoms with Crippen LogP contribution in [-0.2, 0) is 4.74 Å². The van der Waals surface area contributed by atoms with Gasteiger partial charge in [-0.3, -0.25) is 4.79 Å². The van der Waals surface area contributed by atoms with Gasteiger partial charge in [-0.2, -0.15) is 0 Å². The smallest absolute Gasteiger partial charge is 0.410 e. The van der Waals surface area contributed by atoms with E-state index < -0.39 is 5.60 Å². The lowest BCUT2D eigenvalue weighted by atomic mass is 9.75. The van der Waals surface area contributed by atoms with Gasteiger partial charge >= 0.3 is 6.09 Å². The van der Waals surface area contributed by atoms with E-state index >= 15 is 0 Å². The van der Waals surface area contributed by atoms with Crippen molar-refractivity contribution in [3.05, 3.63) is 34.9 Å². The lowest BCUT2D eigenvalue weighted by Crippen LogP contribution is -2.56. The first kappa shape index (κ1) is 18.9. The fraction of sp³-hybridized carbons (Fsp3) is 0.636. The van der Waals surface area contributed by atoms with Crippen LogP contribution < -0.4 is 0 Å². The molecule has 0 aliphatic carbocycles. The standard InChI is InChI=1S/C22H31NO3/c1-14-9-10-15(2)19(11-14)20(24)16-12-17-7-6-8-18(13-16)23(17)21(25)26-22(3,4)5/h9-11,16-18H,6-8,12-13H2,1-5H3. The predicted molar refractivity (Wildman–Crippen MR) is 102 cm³/mol. The van der Waals surface area contributed by atoms with E-state index in [-0.39, 0.29) is 29.9 Å². The van der Waals surface area contributed by atoms with Gasteiger partial charge in [0.2, 0.25) is 0 Å². The monoisotopic (exact) mass is 357 g/mol. The van der Waals surface area contributed by atoms with Crippen molar-refractivity contribution in [1.82, 2.24) is 4.90 Å². The van der Waals surface area contributed by atoms with Crippen molar-refractivity contribution in [2.75, 3.05) is 0 Å². The Morgan fingerprint density at radius 2 is 1.69 bits per heavy atom. The molecule has 2 heterocycles. The average Bonchev–Trinajstić information content (AvgIpc) is 2.53. The molecule has 3 rings (SSSR count). The van der Waals surface area contributed by atoms with Crippen molar-refractivity contribution < 1.29 is 14.3 Å². The van der Waals surface area contributed by atoms with Crippen molar-refractivity contribution in [3.63, 3.8) is 0 Å². The second-order valence-electron chi connectivity index (χ2n) is 8.98. The van der Waals surface area contributed by atoms with Crippen LogP contribution in [0, 0.1) is 19.8 Å². The number of nitrogens with zero attached hydrogens (tertiary/aromatic N) is 1. The Morgan fingerprint density at radius 3 is 2.27 bits per heavy atom. The third-order valence-electron chi connectivity index (χ3n) is 5.61. The molecular formula is C22H31NO3. The zero-order valence-corrected chi connectivity index (χ0v) is 16.7. The number of ketones is 1. The molecule has 1 aromatic carbocycles. The molecule has 26 heavy (non-hydrogen) atoms. The van der Waals surface area contributed by atoms with Gasteiger partial charge in [0.25, 0.3) is 0 Å². The molecule has 2 fully saturated rings. The average molecular weight is 357 g/mol. The molecule has 2 aliphatic heterocycles. The number of fused-ring (bicyclic) bond motifs is 2. The van der Waals surface area contributed by atoms with E-state index in [9.17, 15) is 9.59 Å². The van der Waals surface area contributed by atoms with E-state index in [1.165, 1.54) is 0 Å². The Balaban J connectivity index is 1.78. The number of Topliss-reactive ketones (excluding diaryl/α,β-unsaturated/α-hetero) is 1. The van der Waals surface area contributed by atoms with Crippen molar-refractivity contribution >= 4 is 11.9 Å². The second kappa shape index (κ2) is 7.05. The lowest BCUT2D eigenvalue weighted by Gasteiger charge is -2.48. The Hall–Kier alpha value is -1.84. The topological polar surface area (TPSA) is 46.6 Å². The third kappa shape index (κ3) is 3.94. The maximum atomic E-state index is 13.2. The minimum Gasteiger partial charge on any atom is -0.444 e. The minimum atomic E-state index is -0.489. The molecule has 4 heteroatoms. The number of ether oxygens (including phenoxy) is 1. The lowest BCUT2D eigenvalue weighted by molar-refractivity contribution is -0.0260. The first-order valence-corrected chi connectivity index (χ1v) is 9.78.